The fourth-order valence-electron chi connectivity index (χ4n) is 2.55. The number of fused-ring (bicyclic) bond motifs is 1. The summed E-state index contributed by atoms with van der Waals surface area (Å²) in [6.45, 7) is -0.254. The molecule has 0 unspecified atom stereocenters. The largest absolute Gasteiger partial charge is 0.355 e. The highest BCUT2D eigenvalue weighted by Crippen LogP contribution is 2.23. The van der Waals surface area contributed by atoms with Gasteiger partial charge in [0.15, 0.2) is 0 Å². The molecule has 0 fully saturated rings. The predicted octanol–water partition coefficient (Wildman–Crippen LogP) is 2.70. The summed E-state index contributed by atoms with van der Waals surface area (Å²) in [6.07, 6.45) is 1.25. The van der Waals surface area contributed by atoms with E-state index in [1.165, 1.54) is 31.6 Å². The molecule has 0 aliphatic heterocycles. The third-order valence-electron chi connectivity index (χ3n) is 3.80. The van der Waals surface area contributed by atoms with E-state index in [2.05, 4.69) is 15.6 Å². The molecule has 0 saturated heterocycles. The summed E-state index contributed by atoms with van der Waals surface area (Å²) in [5, 5.41) is 5.95. The fraction of sp³-hybridized carbons (Fsp3) is 0.111. The smallest absolute Gasteiger partial charge is 0.261 e. The summed E-state index contributed by atoms with van der Waals surface area (Å²) in [5.41, 5.74) is 0.734. The lowest BCUT2D eigenvalue weighted by molar-refractivity contribution is -0.116. The first-order chi connectivity index (χ1) is 12.9. The van der Waals surface area contributed by atoms with E-state index in [1.54, 1.807) is 18.2 Å². The molecule has 27 heavy (non-hydrogen) atoms. The molecule has 0 bridgehead atoms. The van der Waals surface area contributed by atoms with Crippen molar-refractivity contribution in [2.45, 2.75) is 6.54 Å². The number of rotatable bonds is 4. The van der Waals surface area contributed by atoms with Crippen molar-refractivity contribution in [3.63, 3.8) is 0 Å². The van der Waals surface area contributed by atoms with Crippen LogP contribution in [0.3, 0.4) is 0 Å². The lowest BCUT2D eigenvalue weighted by Gasteiger charge is -2.09. The first-order valence-corrected chi connectivity index (χ1v) is 8.61. The van der Waals surface area contributed by atoms with Gasteiger partial charge in [0.1, 0.15) is 6.54 Å². The molecule has 1 heterocycles. The van der Waals surface area contributed by atoms with E-state index in [9.17, 15) is 14.4 Å². The Labute approximate surface area is 163 Å². The average molecular weight is 405 g/mol. The molecular weight excluding hydrogens is 391 g/mol. The van der Waals surface area contributed by atoms with Gasteiger partial charge in [-0.2, -0.15) is 0 Å². The Morgan fingerprint density at radius 1 is 1.19 bits per heavy atom. The zero-order chi connectivity index (χ0) is 19.6. The van der Waals surface area contributed by atoms with E-state index in [0.717, 1.165) is 4.57 Å². The van der Waals surface area contributed by atoms with Crippen molar-refractivity contribution >= 4 is 51.6 Å². The number of nitrogens with one attached hydrogen (secondary N) is 2. The molecule has 1 aromatic heterocycles. The maximum absolute atomic E-state index is 12.6. The van der Waals surface area contributed by atoms with Gasteiger partial charge in [0.2, 0.25) is 5.91 Å². The maximum atomic E-state index is 12.6. The minimum absolute atomic E-state index is 0.226. The first kappa shape index (κ1) is 18.9. The van der Waals surface area contributed by atoms with Gasteiger partial charge in [-0.1, -0.05) is 29.3 Å². The van der Waals surface area contributed by atoms with Gasteiger partial charge >= 0.3 is 0 Å². The van der Waals surface area contributed by atoms with Crippen molar-refractivity contribution in [3.05, 3.63) is 68.7 Å². The van der Waals surface area contributed by atoms with Crippen LogP contribution < -0.4 is 16.2 Å². The highest BCUT2D eigenvalue weighted by molar-refractivity contribution is 6.38. The lowest BCUT2D eigenvalue weighted by atomic mass is 10.2. The van der Waals surface area contributed by atoms with Gasteiger partial charge in [0.25, 0.3) is 11.5 Å². The number of hydrogen-bond acceptors (Lipinski definition) is 4. The SMILES string of the molecule is CNC(=O)c1cccc(NC(=O)Cn2cnc3c(Cl)cc(Cl)cc3c2=O)c1. The molecule has 0 aliphatic rings. The van der Waals surface area contributed by atoms with E-state index in [4.69, 9.17) is 23.2 Å². The minimum Gasteiger partial charge on any atom is -0.355 e. The van der Waals surface area contributed by atoms with Crippen molar-refractivity contribution in [1.82, 2.24) is 14.9 Å². The Kier molecular flexibility index (Phi) is 5.43. The van der Waals surface area contributed by atoms with Gasteiger partial charge in [-0.3, -0.25) is 19.0 Å². The predicted molar refractivity (Wildman–Crippen MR) is 104 cm³/mol. The number of halogens is 2. The van der Waals surface area contributed by atoms with E-state index in [1.807, 2.05) is 0 Å². The molecule has 138 valence electrons. The molecular formula is C18H14Cl2N4O3. The van der Waals surface area contributed by atoms with Gasteiger partial charge < -0.3 is 10.6 Å². The Morgan fingerprint density at radius 2 is 1.96 bits per heavy atom. The van der Waals surface area contributed by atoms with Gasteiger partial charge in [-0.15, -0.1) is 0 Å². The Balaban J connectivity index is 1.83. The van der Waals surface area contributed by atoms with Crippen LogP contribution in [0, 0.1) is 0 Å². The molecule has 0 aliphatic carbocycles. The number of nitrogens with zero attached hydrogens (tertiary/aromatic N) is 2. The van der Waals surface area contributed by atoms with Crippen molar-refractivity contribution in [3.8, 4) is 0 Å². The van der Waals surface area contributed by atoms with Crippen LogP contribution in [-0.2, 0) is 11.3 Å². The molecule has 3 aromatic rings. The molecule has 3 rings (SSSR count). The van der Waals surface area contributed by atoms with Crippen LogP contribution in [0.4, 0.5) is 5.69 Å². The summed E-state index contributed by atoms with van der Waals surface area (Å²) in [6, 6.07) is 9.41. The van der Waals surface area contributed by atoms with Crippen LogP contribution in [0.2, 0.25) is 10.0 Å². The normalized spacial score (nSPS) is 10.6. The van der Waals surface area contributed by atoms with Crippen molar-refractivity contribution in [2.24, 2.45) is 0 Å². The summed E-state index contributed by atoms with van der Waals surface area (Å²) in [5.74, 6) is -0.713. The van der Waals surface area contributed by atoms with Crippen molar-refractivity contribution in [1.29, 1.82) is 0 Å². The second-order valence-corrected chi connectivity index (χ2v) is 6.51. The quantitative estimate of drug-likeness (QED) is 0.698. The van der Waals surface area contributed by atoms with Crippen LogP contribution in [0.1, 0.15) is 10.4 Å². The Bertz CT molecular complexity index is 1110. The first-order valence-electron chi connectivity index (χ1n) is 7.85. The number of carbonyl (C=O) groups excluding carboxylic acids is 2. The van der Waals surface area contributed by atoms with Gasteiger partial charge in [0, 0.05) is 23.3 Å². The highest BCUT2D eigenvalue weighted by Gasteiger charge is 2.12. The summed E-state index contributed by atoms with van der Waals surface area (Å²) in [4.78, 5) is 40.7. The summed E-state index contributed by atoms with van der Waals surface area (Å²) < 4.78 is 1.16. The van der Waals surface area contributed by atoms with Crippen LogP contribution >= 0.6 is 23.2 Å². The third-order valence-corrected chi connectivity index (χ3v) is 4.30. The van der Waals surface area contributed by atoms with Crippen molar-refractivity contribution < 1.29 is 9.59 Å². The van der Waals surface area contributed by atoms with Crippen LogP contribution in [-0.4, -0.2) is 28.4 Å². The molecule has 9 heteroatoms. The van der Waals surface area contributed by atoms with Crippen LogP contribution in [0.15, 0.2) is 47.5 Å². The lowest BCUT2D eigenvalue weighted by Crippen LogP contribution is -2.28. The number of hydrogen-bond donors (Lipinski definition) is 2. The Hall–Kier alpha value is -2.90. The fourth-order valence-corrected chi connectivity index (χ4v) is 3.09. The van der Waals surface area contributed by atoms with Crippen LogP contribution in [0.5, 0.6) is 0 Å². The second kappa shape index (κ2) is 7.77. The monoisotopic (exact) mass is 404 g/mol. The average Bonchev–Trinajstić information content (AvgIpc) is 2.64. The molecule has 2 N–H and O–H groups in total. The molecule has 0 radical (unpaired) electrons. The van der Waals surface area contributed by atoms with Gasteiger partial charge in [-0.25, -0.2) is 4.98 Å². The second-order valence-electron chi connectivity index (χ2n) is 5.67. The van der Waals surface area contributed by atoms with Crippen molar-refractivity contribution in [2.75, 3.05) is 12.4 Å². The highest BCUT2D eigenvalue weighted by atomic mass is 35.5. The Morgan fingerprint density at radius 3 is 2.70 bits per heavy atom. The van der Waals surface area contributed by atoms with Crippen LogP contribution in [0.25, 0.3) is 10.9 Å². The van der Waals surface area contributed by atoms with Gasteiger partial charge in [0.05, 0.1) is 22.3 Å². The van der Waals surface area contributed by atoms with E-state index < -0.39 is 11.5 Å². The molecule has 2 amide bonds. The number of aromatic nitrogens is 2. The minimum atomic E-state index is -0.444. The summed E-state index contributed by atoms with van der Waals surface area (Å²) in [7, 11) is 1.52. The molecule has 0 saturated carbocycles. The maximum Gasteiger partial charge on any atom is 0.261 e. The summed E-state index contributed by atoms with van der Waals surface area (Å²) >= 11 is 12.0. The standard InChI is InChI=1S/C18H14Cl2N4O3/c1-21-17(26)10-3-2-4-12(5-10)23-15(25)8-24-9-22-16-13(18(24)27)6-11(19)7-14(16)20/h2-7,9H,8H2,1H3,(H,21,26)(H,23,25). The van der Waals surface area contributed by atoms with E-state index in [-0.39, 0.29) is 22.9 Å². The number of benzene rings is 2. The molecule has 0 atom stereocenters. The number of amides is 2. The molecule has 7 nitrogen and oxygen atoms in total. The molecule has 2 aromatic carbocycles. The zero-order valence-electron chi connectivity index (χ0n) is 14.1. The molecule has 0 spiro atoms. The third kappa shape index (κ3) is 4.10. The number of carbonyl (C=O) groups is 2. The van der Waals surface area contributed by atoms with Gasteiger partial charge in [-0.05, 0) is 30.3 Å². The van der Waals surface area contributed by atoms with E-state index >= 15 is 0 Å². The zero-order valence-corrected chi connectivity index (χ0v) is 15.6. The van der Waals surface area contributed by atoms with E-state index in [0.29, 0.717) is 21.8 Å². The number of anilines is 1. The topological polar surface area (TPSA) is 93.1 Å².